The molecule has 0 aliphatic carbocycles. The first-order chi connectivity index (χ1) is 16.1. The summed E-state index contributed by atoms with van der Waals surface area (Å²) >= 11 is 0. The SMILES string of the molecule is O=C(NCc1cccnc1)[C@@H]1Cc2cc([N+](=O)[O-])ccc2N2CCN(c3ccccn3)C[C@@H]12. The van der Waals surface area contributed by atoms with Gasteiger partial charge in [-0.2, -0.15) is 0 Å². The number of hydrogen-bond donors (Lipinski definition) is 1. The third-order valence-corrected chi connectivity index (χ3v) is 6.41. The Morgan fingerprint density at radius 1 is 1.15 bits per heavy atom. The minimum Gasteiger partial charge on any atom is -0.364 e. The van der Waals surface area contributed by atoms with E-state index in [9.17, 15) is 14.9 Å². The van der Waals surface area contributed by atoms with Gasteiger partial charge < -0.3 is 15.1 Å². The molecule has 5 rings (SSSR count). The molecule has 33 heavy (non-hydrogen) atoms. The van der Waals surface area contributed by atoms with Crippen molar-refractivity contribution in [2.24, 2.45) is 5.92 Å². The Labute approximate surface area is 191 Å². The fourth-order valence-electron chi connectivity index (χ4n) is 4.79. The molecule has 2 atom stereocenters. The first-order valence-corrected chi connectivity index (χ1v) is 11.0. The Morgan fingerprint density at radius 2 is 2.06 bits per heavy atom. The van der Waals surface area contributed by atoms with E-state index in [1.165, 1.54) is 0 Å². The van der Waals surface area contributed by atoms with Gasteiger partial charge in [0.2, 0.25) is 5.91 Å². The number of benzene rings is 1. The summed E-state index contributed by atoms with van der Waals surface area (Å²) in [5.74, 6) is 0.484. The van der Waals surface area contributed by atoms with E-state index in [4.69, 9.17) is 0 Å². The van der Waals surface area contributed by atoms with E-state index < -0.39 is 0 Å². The maximum Gasteiger partial charge on any atom is 0.269 e. The summed E-state index contributed by atoms with van der Waals surface area (Å²) in [6.07, 6.45) is 5.65. The number of nitro benzene ring substituents is 1. The number of carbonyl (C=O) groups is 1. The second-order valence-corrected chi connectivity index (χ2v) is 8.35. The normalized spacial score (nSPS) is 19.4. The number of carbonyl (C=O) groups excluding carboxylic acids is 1. The van der Waals surface area contributed by atoms with Gasteiger partial charge in [0, 0.05) is 62.6 Å². The number of anilines is 2. The summed E-state index contributed by atoms with van der Waals surface area (Å²) in [4.78, 5) is 37.4. The Bertz CT molecular complexity index is 1160. The number of pyridine rings is 2. The zero-order valence-electron chi connectivity index (χ0n) is 18.0. The number of rotatable bonds is 5. The number of fused-ring (bicyclic) bond motifs is 3. The van der Waals surface area contributed by atoms with Gasteiger partial charge in [-0.25, -0.2) is 4.98 Å². The van der Waals surface area contributed by atoms with E-state index in [-0.39, 0.29) is 28.5 Å². The number of nitrogens with zero attached hydrogens (tertiary/aromatic N) is 5. The van der Waals surface area contributed by atoms with Crippen LogP contribution in [0, 0.1) is 16.0 Å². The number of aromatic nitrogens is 2. The highest BCUT2D eigenvalue weighted by Crippen LogP contribution is 2.38. The van der Waals surface area contributed by atoms with Gasteiger partial charge in [-0.05, 0) is 41.8 Å². The second-order valence-electron chi connectivity index (χ2n) is 8.35. The highest BCUT2D eigenvalue weighted by Gasteiger charge is 2.42. The maximum absolute atomic E-state index is 13.4. The molecule has 3 aromatic rings. The number of nitro groups is 1. The van der Waals surface area contributed by atoms with Crippen molar-refractivity contribution in [3.63, 3.8) is 0 Å². The van der Waals surface area contributed by atoms with Gasteiger partial charge in [0.05, 0.1) is 16.9 Å². The van der Waals surface area contributed by atoms with Crippen molar-refractivity contribution in [3.8, 4) is 0 Å². The molecule has 1 saturated heterocycles. The molecule has 0 unspecified atom stereocenters. The van der Waals surface area contributed by atoms with Crippen LogP contribution >= 0.6 is 0 Å². The number of piperazine rings is 1. The number of non-ortho nitro benzene ring substituents is 1. The Hall–Kier alpha value is -4.01. The van der Waals surface area contributed by atoms with Crippen LogP contribution < -0.4 is 15.1 Å². The average molecular weight is 444 g/mol. The molecule has 1 aromatic carbocycles. The van der Waals surface area contributed by atoms with Crippen LogP contribution in [0.3, 0.4) is 0 Å². The minimum absolute atomic E-state index is 0.0499. The lowest BCUT2D eigenvalue weighted by Crippen LogP contribution is -2.61. The lowest BCUT2D eigenvalue weighted by atomic mass is 9.83. The van der Waals surface area contributed by atoms with Crippen LogP contribution in [0.2, 0.25) is 0 Å². The van der Waals surface area contributed by atoms with Crippen molar-refractivity contribution in [3.05, 3.63) is 88.4 Å². The lowest BCUT2D eigenvalue weighted by Gasteiger charge is -2.49. The summed E-state index contributed by atoms with van der Waals surface area (Å²) < 4.78 is 0. The molecule has 0 radical (unpaired) electrons. The van der Waals surface area contributed by atoms with Crippen molar-refractivity contribution in [2.45, 2.75) is 19.0 Å². The van der Waals surface area contributed by atoms with Crippen molar-refractivity contribution in [1.29, 1.82) is 0 Å². The Morgan fingerprint density at radius 3 is 2.82 bits per heavy atom. The third kappa shape index (κ3) is 4.21. The molecule has 1 fully saturated rings. The molecule has 4 heterocycles. The van der Waals surface area contributed by atoms with Gasteiger partial charge in [-0.3, -0.25) is 19.9 Å². The van der Waals surface area contributed by atoms with Crippen molar-refractivity contribution < 1.29 is 9.72 Å². The first-order valence-electron chi connectivity index (χ1n) is 11.0. The average Bonchev–Trinajstić information content (AvgIpc) is 2.87. The molecule has 168 valence electrons. The number of nitrogens with one attached hydrogen (secondary N) is 1. The molecule has 2 aromatic heterocycles. The van der Waals surface area contributed by atoms with E-state index in [2.05, 4.69) is 25.1 Å². The van der Waals surface area contributed by atoms with Gasteiger partial charge in [-0.15, -0.1) is 0 Å². The zero-order valence-corrected chi connectivity index (χ0v) is 18.0. The molecule has 1 amide bonds. The first kappa shape index (κ1) is 20.9. The predicted molar refractivity (Wildman–Crippen MR) is 124 cm³/mol. The molecule has 1 N–H and O–H groups in total. The predicted octanol–water partition coefficient (Wildman–Crippen LogP) is 2.57. The molecule has 9 nitrogen and oxygen atoms in total. The standard InChI is InChI=1S/C24H24N6O3/c31-24(27-15-17-4-3-8-25-14-17)20-13-18-12-19(30(32)33)6-7-21(18)29-11-10-28(16-22(20)29)23-5-1-2-9-26-23/h1-9,12,14,20,22H,10-11,13,15-16H2,(H,27,31)/t20-,22+/m1/s1. The molecule has 0 saturated carbocycles. The van der Waals surface area contributed by atoms with Crippen molar-refractivity contribution in [1.82, 2.24) is 15.3 Å². The van der Waals surface area contributed by atoms with Crippen LogP contribution in [0.25, 0.3) is 0 Å². The molecule has 0 bridgehead atoms. The molecule has 9 heteroatoms. The molecular formula is C24H24N6O3. The van der Waals surface area contributed by atoms with Gasteiger partial charge in [0.15, 0.2) is 0 Å². The van der Waals surface area contributed by atoms with E-state index >= 15 is 0 Å². The highest BCUT2D eigenvalue weighted by atomic mass is 16.6. The van der Waals surface area contributed by atoms with Crippen molar-refractivity contribution >= 4 is 23.1 Å². The summed E-state index contributed by atoms with van der Waals surface area (Å²) in [6, 6.07) is 14.5. The van der Waals surface area contributed by atoms with Gasteiger partial charge in [0.1, 0.15) is 5.82 Å². The molecular weight excluding hydrogens is 420 g/mol. The largest absolute Gasteiger partial charge is 0.364 e. The monoisotopic (exact) mass is 444 g/mol. The van der Waals surface area contributed by atoms with Crippen molar-refractivity contribution in [2.75, 3.05) is 29.4 Å². The molecule has 0 spiro atoms. The summed E-state index contributed by atoms with van der Waals surface area (Å²) in [5, 5.41) is 14.4. The summed E-state index contributed by atoms with van der Waals surface area (Å²) in [5.41, 5.74) is 2.79. The Balaban J connectivity index is 1.43. The molecule has 2 aliphatic rings. The number of amides is 1. The van der Waals surface area contributed by atoms with Gasteiger partial charge in [0.25, 0.3) is 5.69 Å². The van der Waals surface area contributed by atoms with Crippen LogP contribution in [0.4, 0.5) is 17.2 Å². The van der Waals surface area contributed by atoms with Crippen LogP contribution in [0.15, 0.2) is 67.1 Å². The van der Waals surface area contributed by atoms with Crippen LogP contribution in [0.5, 0.6) is 0 Å². The van der Waals surface area contributed by atoms with E-state index in [1.54, 1.807) is 30.7 Å². The Kier molecular flexibility index (Phi) is 5.60. The van der Waals surface area contributed by atoms with E-state index in [0.717, 1.165) is 29.2 Å². The van der Waals surface area contributed by atoms with Gasteiger partial charge in [-0.1, -0.05) is 12.1 Å². The maximum atomic E-state index is 13.4. The van der Waals surface area contributed by atoms with E-state index in [0.29, 0.717) is 26.1 Å². The molecule has 2 aliphatic heterocycles. The fraction of sp³-hybridized carbons (Fsp3) is 0.292. The number of hydrogen-bond acceptors (Lipinski definition) is 7. The van der Waals surface area contributed by atoms with Crippen LogP contribution in [-0.4, -0.2) is 46.5 Å². The van der Waals surface area contributed by atoms with Crippen LogP contribution in [0.1, 0.15) is 11.1 Å². The minimum atomic E-state index is -0.386. The third-order valence-electron chi connectivity index (χ3n) is 6.41. The lowest BCUT2D eigenvalue weighted by molar-refractivity contribution is -0.384. The van der Waals surface area contributed by atoms with Crippen LogP contribution in [-0.2, 0) is 17.8 Å². The fourth-order valence-corrected chi connectivity index (χ4v) is 4.79. The quantitative estimate of drug-likeness (QED) is 0.476. The highest BCUT2D eigenvalue weighted by molar-refractivity contribution is 5.82. The zero-order chi connectivity index (χ0) is 22.8. The van der Waals surface area contributed by atoms with E-state index in [1.807, 2.05) is 36.4 Å². The second kappa shape index (κ2) is 8.85. The smallest absolute Gasteiger partial charge is 0.269 e. The summed E-state index contributed by atoms with van der Waals surface area (Å²) in [7, 11) is 0. The summed E-state index contributed by atoms with van der Waals surface area (Å²) in [6.45, 7) is 2.51. The van der Waals surface area contributed by atoms with Gasteiger partial charge >= 0.3 is 0 Å². The topological polar surface area (TPSA) is 104 Å².